The summed E-state index contributed by atoms with van der Waals surface area (Å²) < 4.78 is 6.04. The van der Waals surface area contributed by atoms with Gasteiger partial charge in [0.2, 0.25) is 0 Å². The smallest absolute Gasteiger partial charge is 0.310 e. The van der Waals surface area contributed by atoms with Crippen molar-refractivity contribution < 1.29 is 19.4 Å². The minimum Gasteiger partial charge on any atom is -0.481 e. The van der Waals surface area contributed by atoms with Gasteiger partial charge in [-0.25, -0.2) is 0 Å². The minimum atomic E-state index is -1.85. The Bertz CT molecular complexity index is 767. The SMILES string of the molecule is CC(C(=O)O)c1cc(C#CCO)cc(C#CCO[Si](C)(C)C(C)(C)C)c1. The summed E-state index contributed by atoms with van der Waals surface area (Å²) in [5.74, 6) is 9.91. The standard InChI is InChI=1S/C21H28O4Si/c1-16(20(23)24)19-14-17(9-7-11-22)13-18(15-19)10-8-12-25-26(5,6)21(2,3)4/h13-16,22H,11-12H2,1-6H3,(H,23,24). The summed E-state index contributed by atoms with van der Waals surface area (Å²) in [6.07, 6.45) is 0. The molecule has 5 heteroatoms. The van der Waals surface area contributed by atoms with Crippen molar-refractivity contribution in [2.24, 2.45) is 0 Å². The molecular weight excluding hydrogens is 344 g/mol. The fraction of sp³-hybridized carbons (Fsp3) is 0.476. The van der Waals surface area contributed by atoms with Gasteiger partial charge in [0.1, 0.15) is 6.61 Å². The van der Waals surface area contributed by atoms with Crippen molar-refractivity contribution in [1.29, 1.82) is 0 Å². The molecule has 0 aliphatic carbocycles. The summed E-state index contributed by atoms with van der Waals surface area (Å²) in [7, 11) is -1.85. The van der Waals surface area contributed by atoms with Crippen LogP contribution >= 0.6 is 0 Å². The molecule has 140 valence electrons. The first kappa shape index (κ1) is 22.0. The predicted octanol–water partition coefficient (Wildman–Crippen LogP) is 3.59. The highest BCUT2D eigenvalue weighted by Crippen LogP contribution is 2.36. The summed E-state index contributed by atoms with van der Waals surface area (Å²) in [6.45, 7) is 12.6. The van der Waals surface area contributed by atoms with E-state index in [0.29, 0.717) is 23.3 Å². The molecule has 0 spiro atoms. The van der Waals surface area contributed by atoms with Crippen LogP contribution in [0.5, 0.6) is 0 Å². The number of aliphatic hydroxyl groups excluding tert-OH is 1. The van der Waals surface area contributed by atoms with E-state index >= 15 is 0 Å². The predicted molar refractivity (Wildman–Crippen MR) is 106 cm³/mol. The van der Waals surface area contributed by atoms with Crippen LogP contribution in [-0.4, -0.2) is 37.7 Å². The Morgan fingerprint density at radius 1 is 1.15 bits per heavy atom. The number of benzene rings is 1. The van der Waals surface area contributed by atoms with Gasteiger partial charge in [-0.1, -0.05) is 44.5 Å². The molecule has 0 aromatic heterocycles. The summed E-state index contributed by atoms with van der Waals surface area (Å²) in [6, 6.07) is 5.28. The monoisotopic (exact) mass is 372 g/mol. The van der Waals surface area contributed by atoms with E-state index < -0.39 is 20.2 Å². The van der Waals surface area contributed by atoms with Gasteiger partial charge in [0.25, 0.3) is 0 Å². The van der Waals surface area contributed by atoms with Crippen molar-refractivity contribution in [1.82, 2.24) is 0 Å². The fourth-order valence-corrected chi connectivity index (χ4v) is 2.77. The van der Waals surface area contributed by atoms with E-state index in [0.717, 1.165) is 0 Å². The van der Waals surface area contributed by atoms with E-state index in [1.165, 1.54) is 0 Å². The molecule has 1 atom stereocenters. The minimum absolute atomic E-state index is 0.124. The molecule has 0 fully saturated rings. The number of carbonyl (C=O) groups is 1. The highest BCUT2D eigenvalue weighted by molar-refractivity contribution is 6.74. The second-order valence-corrected chi connectivity index (χ2v) is 12.5. The van der Waals surface area contributed by atoms with Gasteiger partial charge in [-0.05, 0) is 48.8 Å². The summed E-state index contributed by atoms with van der Waals surface area (Å²) in [4.78, 5) is 11.3. The topological polar surface area (TPSA) is 66.8 Å². The van der Waals surface area contributed by atoms with Crippen molar-refractivity contribution in [3.8, 4) is 23.7 Å². The number of aliphatic carboxylic acids is 1. The Morgan fingerprint density at radius 2 is 1.69 bits per heavy atom. The average molecular weight is 373 g/mol. The zero-order valence-electron chi connectivity index (χ0n) is 16.4. The van der Waals surface area contributed by atoms with Crippen LogP contribution in [0.2, 0.25) is 18.1 Å². The lowest BCUT2D eigenvalue weighted by molar-refractivity contribution is -0.138. The Kier molecular flexibility index (Phi) is 7.65. The first-order valence-corrected chi connectivity index (χ1v) is 11.5. The highest BCUT2D eigenvalue weighted by Gasteiger charge is 2.36. The molecule has 0 saturated heterocycles. The van der Waals surface area contributed by atoms with E-state index in [1.54, 1.807) is 25.1 Å². The molecule has 26 heavy (non-hydrogen) atoms. The normalized spacial score (nSPS) is 12.4. The molecule has 0 heterocycles. The Balaban J connectivity index is 3.06. The van der Waals surface area contributed by atoms with Crippen molar-refractivity contribution in [2.75, 3.05) is 13.2 Å². The van der Waals surface area contributed by atoms with E-state index in [9.17, 15) is 9.90 Å². The molecular formula is C21H28O4Si. The van der Waals surface area contributed by atoms with Crippen molar-refractivity contribution in [2.45, 2.75) is 51.7 Å². The Morgan fingerprint density at radius 3 is 2.15 bits per heavy atom. The maximum absolute atomic E-state index is 11.3. The lowest BCUT2D eigenvalue weighted by Crippen LogP contribution is -2.40. The van der Waals surface area contributed by atoms with Gasteiger partial charge >= 0.3 is 5.97 Å². The quantitative estimate of drug-likeness (QED) is 0.626. The number of rotatable bonds is 4. The third-order valence-electron chi connectivity index (χ3n) is 4.68. The van der Waals surface area contributed by atoms with E-state index in [2.05, 4.69) is 57.5 Å². The van der Waals surface area contributed by atoms with Crippen LogP contribution in [0.15, 0.2) is 18.2 Å². The number of carboxylic acids is 1. The second kappa shape index (κ2) is 9.05. The van der Waals surface area contributed by atoms with Gasteiger partial charge in [0, 0.05) is 11.1 Å². The average Bonchev–Trinajstić information content (AvgIpc) is 2.54. The fourth-order valence-electron chi connectivity index (χ4n) is 1.90. The van der Waals surface area contributed by atoms with E-state index in [1.807, 2.05) is 0 Å². The van der Waals surface area contributed by atoms with Crippen LogP contribution in [0.3, 0.4) is 0 Å². The van der Waals surface area contributed by atoms with Crippen LogP contribution in [0.25, 0.3) is 0 Å². The van der Waals surface area contributed by atoms with Crippen LogP contribution in [0.4, 0.5) is 0 Å². The molecule has 4 nitrogen and oxygen atoms in total. The van der Waals surface area contributed by atoms with Crippen LogP contribution in [0.1, 0.15) is 50.3 Å². The van der Waals surface area contributed by atoms with Crippen LogP contribution < -0.4 is 0 Å². The molecule has 1 aromatic carbocycles. The van der Waals surface area contributed by atoms with Gasteiger partial charge in [-0.3, -0.25) is 4.79 Å². The highest BCUT2D eigenvalue weighted by atomic mass is 28.4. The zero-order chi connectivity index (χ0) is 20.0. The summed E-state index contributed by atoms with van der Waals surface area (Å²) >= 11 is 0. The maximum Gasteiger partial charge on any atom is 0.310 e. The van der Waals surface area contributed by atoms with Crippen molar-refractivity contribution in [3.05, 3.63) is 34.9 Å². The van der Waals surface area contributed by atoms with Crippen molar-refractivity contribution in [3.63, 3.8) is 0 Å². The first-order valence-electron chi connectivity index (χ1n) is 8.58. The molecule has 1 rings (SSSR count). The number of hydrogen-bond donors (Lipinski definition) is 2. The molecule has 0 saturated carbocycles. The van der Waals surface area contributed by atoms with Gasteiger partial charge in [-0.15, -0.1) is 0 Å². The molecule has 1 aromatic rings. The third kappa shape index (κ3) is 6.35. The van der Waals surface area contributed by atoms with Gasteiger partial charge in [0.05, 0.1) is 12.5 Å². The number of aliphatic hydroxyl groups is 1. The molecule has 2 N–H and O–H groups in total. The molecule has 0 aliphatic rings. The lowest BCUT2D eigenvalue weighted by Gasteiger charge is -2.35. The molecule has 0 bridgehead atoms. The van der Waals surface area contributed by atoms with Gasteiger partial charge in [-0.2, -0.15) is 0 Å². The second-order valence-electron chi connectivity index (χ2n) is 7.71. The molecule has 1 unspecified atom stereocenters. The van der Waals surface area contributed by atoms with Crippen molar-refractivity contribution >= 4 is 14.3 Å². The zero-order valence-corrected chi connectivity index (χ0v) is 17.4. The lowest BCUT2D eigenvalue weighted by atomic mass is 9.96. The number of carboxylic acid groups (broad SMARTS) is 1. The van der Waals surface area contributed by atoms with Crippen LogP contribution in [-0.2, 0) is 9.22 Å². The van der Waals surface area contributed by atoms with E-state index in [4.69, 9.17) is 9.53 Å². The molecule has 0 radical (unpaired) electrons. The maximum atomic E-state index is 11.3. The van der Waals surface area contributed by atoms with Gasteiger partial charge in [0.15, 0.2) is 8.32 Å². The summed E-state index contributed by atoms with van der Waals surface area (Å²) in [5.41, 5.74) is 1.97. The third-order valence-corrected chi connectivity index (χ3v) is 9.16. The van der Waals surface area contributed by atoms with Crippen LogP contribution in [0, 0.1) is 23.7 Å². The summed E-state index contributed by atoms with van der Waals surface area (Å²) in [5, 5.41) is 18.2. The Hall–Kier alpha value is -2.05. The molecule has 0 aliphatic heterocycles. The molecule has 0 amide bonds. The number of hydrogen-bond acceptors (Lipinski definition) is 3. The van der Waals surface area contributed by atoms with Gasteiger partial charge < -0.3 is 14.6 Å². The van der Waals surface area contributed by atoms with E-state index in [-0.39, 0.29) is 11.6 Å². The first-order chi connectivity index (χ1) is 12.0. The largest absolute Gasteiger partial charge is 0.481 e. The Labute approximate surface area is 157 Å².